The molecule has 0 bridgehead atoms. The highest BCUT2D eigenvalue weighted by atomic mass is 32.2. The van der Waals surface area contributed by atoms with E-state index >= 15 is 0 Å². The maximum atomic E-state index is 13.5. The van der Waals surface area contributed by atoms with Gasteiger partial charge in [-0.3, -0.25) is 4.79 Å². The van der Waals surface area contributed by atoms with Crippen LogP contribution in [0, 0.1) is 5.82 Å². The third-order valence-electron chi connectivity index (χ3n) is 5.45. The second-order valence-electron chi connectivity index (χ2n) is 7.97. The van der Waals surface area contributed by atoms with Crippen molar-refractivity contribution in [2.75, 3.05) is 6.54 Å². The molecule has 0 aliphatic rings. The molecule has 0 radical (unpaired) electrons. The van der Waals surface area contributed by atoms with Gasteiger partial charge in [0.15, 0.2) is 9.84 Å². The minimum absolute atomic E-state index is 0.0152. The van der Waals surface area contributed by atoms with Crippen molar-refractivity contribution in [1.82, 2.24) is 9.88 Å². The molecule has 0 saturated carbocycles. The summed E-state index contributed by atoms with van der Waals surface area (Å²) in [4.78, 5) is 12.7. The molecule has 0 fully saturated rings. The average molecular weight is 465 g/mol. The van der Waals surface area contributed by atoms with Crippen molar-refractivity contribution in [1.29, 1.82) is 0 Å². The lowest BCUT2D eigenvalue weighted by molar-refractivity contribution is -0.121. The molecule has 7 heteroatoms. The van der Waals surface area contributed by atoms with Crippen molar-refractivity contribution in [3.05, 3.63) is 102 Å². The van der Waals surface area contributed by atoms with Gasteiger partial charge in [0.2, 0.25) is 5.91 Å². The van der Waals surface area contributed by atoms with E-state index in [9.17, 15) is 17.6 Å². The minimum Gasteiger partial charge on any atom is -0.355 e. The summed E-state index contributed by atoms with van der Waals surface area (Å²) in [6.45, 7) is 0.555. The number of sulfone groups is 1. The van der Waals surface area contributed by atoms with Crippen LogP contribution in [0.15, 0.2) is 90.0 Å². The summed E-state index contributed by atoms with van der Waals surface area (Å²) in [5.74, 6) is -0.975. The van der Waals surface area contributed by atoms with Crippen molar-refractivity contribution in [3.63, 3.8) is 0 Å². The monoisotopic (exact) mass is 464 g/mol. The van der Waals surface area contributed by atoms with Crippen LogP contribution in [0.5, 0.6) is 0 Å². The van der Waals surface area contributed by atoms with Crippen LogP contribution in [0.4, 0.5) is 4.39 Å². The predicted molar refractivity (Wildman–Crippen MR) is 127 cm³/mol. The minimum atomic E-state index is -3.74. The lowest BCUT2D eigenvalue weighted by Gasteiger charge is -2.07. The summed E-state index contributed by atoms with van der Waals surface area (Å²) < 4.78 is 41.4. The number of hydrogen-bond donors (Lipinski definition) is 1. The molecule has 4 aromatic rings. The maximum absolute atomic E-state index is 13.5. The van der Waals surface area contributed by atoms with Gasteiger partial charge in [-0.25, -0.2) is 12.8 Å². The molecule has 0 aliphatic carbocycles. The molecule has 3 aromatic carbocycles. The standard InChI is InChI=1S/C26H25FN2O3S/c27-22-12-6-10-21(16-22)19-33(31,32)25-17-29(24-14-5-4-13-23(24)25)18-26(30)28-15-7-11-20-8-2-1-3-9-20/h1-6,8-10,12-14,16-17H,7,11,15,18-19H2,(H,28,30). The van der Waals surface area contributed by atoms with Crippen LogP contribution < -0.4 is 5.32 Å². The first-order valence-electron chi connectivity index (χ1n) is 10.8. The fourth-order valence-corrected chi connectivity index (χ4v) is 5.46. The van der Waals surface area contributed by atoms with Crippen LogP contribution in [0.2, 0.25) is 0 Å². The molecule has 33 heavy (non-hydrogen) atoms. The number of fused-ring (bicyclic) bond motifs is 1. The number of hydrogen-bond acceptors (Lipinski definition) is 3. The molecule has 170 valence electrons. The van der Waals surface area contributed by atoms with Gasteiger partial charge in [-0.2, -0.15) is 0 Å². The summed E-state index contributed by atoms with van der Waals surface area (Å²) >= 11 is 0. The number of para-hydroxylation sites is 1. The number of benzene rings is 3. The normalized spacial score (nSPS) is 11.5. The van der Waals surface area contributed by atoms with E-state index in [-0.39, 0.29) is 23.1 Å². The predicted octanol–water partition coefficient (Wildman–Crippen LogP) is 4.50. The Bertz CT molecular complexity index is 1360. The highest BCUT2D eigenvalue weighted by Gasteiger charge is 2.22. The Morgan fingerprint density at radius 3 is 2.42 bits per heavy atom. The van der Waals surface area contributed by atoms with Crippen molar-refractivity contribution in [3.8, 4) is 0 Å². The quantitative estimate of drug-likeness (QED) is 0.371. The molecule has 1 heterocycles. The van der Waals surface area contributed by atoms with Gasteiger partial charge >= 0.3 is 0 Å². The molecule has 5 nitrogen and oxygen atoms in total. The zero-order chi connectivity index (χ0) is 23.3. The van der Waals surface area contributed by atoms with Crippen molar-refractivity contribution < 1.29 is 17.6 Å². The van der Waals surface area contributed by atoms with Gasteiger partial charge in [0.1, 0.15) is 12.4 Å². The Hall–Kier alpha value is -3.45. The van der Waals surface area contributed by atoms with Crippen LogP contribution in [0.25, 0.3) is 10.9 Å². The van der Waals surface area contributed by atoms with E-state index in [2.05, 4.69) is 17.4 Å². The highest BCUT2D eigenvalue weighted by Crippen LogP contribution is 2.28. The van der Waals surface area contributed by atoms with Gasteiger partial charge in [0, 0.05) is 23.6 Å². The summed E-state index contributed by atoms with van der Waals surface area (Å²) in [6, 6.07) is 22.7. The molecule has 0 atom stereocenters. The molecular formula is C26H25FN2O3S. The van der Waals surface area contributed by atoms with Crippen LogP contribution >= 0.6 is 0 Å². The smallest absolute Gasteiger partial charge is 0.239 e. The summed E-state index contributed by atoms with van der Waals surface area (Å²) in [5, 5.41) is 3.46. The number of nitrogens with one attached hydrogen (secondary N) is 1. The largest absolute Gasteiger partial charge is 0.355 e. The van der Waals surface area contributed by atoms with Crippen LogP contribution in [-0.4, -0.2) is 25.4 Å². The van der Waals surface area contributed by atoms with Gasteiger partial charge < -0.3 is 9.88 Å². The van der Waals surface area contributed by atoms with E-state index in [1.807, 2.05) is 18.2 Å². The molecule has 1 N–H and O–H groups in total. The zero-order valence-electron chi connectivity index (χ0n) is 18.1. The van der Waals surface area contributed by atoms with Crippen molar-refractivity contribution >= 4 is 26.6 Å². The summed E-state index contributed by atoms with van der Waals surface area (Å²) in [7, 11) is -3.74. The third-order valence-corrected chi connectivity index (χ3v) is 7.16. The number of rotatable bonds is 9. The third kappa shape index (κ3) is 5.68. The molecule has 0 unspecified atom stereocenters. The Kier molecular flexibility index (Phi) is 6.89. The highest BCUT2D eigenvalue weighted by molar-refractivity contribution is 7.90. The van der Waals surface area contributed by atoms with E-state index < -0.39 is 15.7 Å². The van der Waals surface area contributed by atoms with Gasteiger partial charge in [0.25, 0.3) is 0 Å². The first-order valence-corrected chi connectivity index (χ1v) is 12.4. The Labute approximate surface area is 192 Å². The number of carbonyl (C=O) groups is 1. The molecule has 0 saturated heterocycles. The fourth-order valence-electron chi connectivity index (χ4n) is 3.89. The van der Waals surface area contributed by atoms with E-state index in [1.54, 1.807) is 34.9 Å². The zero-order valence-corrected chi connectivity index (χ0v) is 18.9. The first-order chi connectivity index (χ1) is 15.9. The second kappa shape index (κ2) is 10.0. The van der Waals surface area contributed by atoms with Crippen molar-refractivity contribution in [2.24, 2.45) is 0 Å². The first kappa shape index (κ1) is 22.7. The maximum Gasteiger partial charge on any atom is 0.239 e. The van der Waals surface area contributed by atoms with E-state index in [0.29, 0.717) is 23.0 Å². The van der Waals surface area contributed by atoms with Crippen molar-refractivity contribution in [2.45, 2.75) is 30.0 Å². The number of halogens is 1. The lowest BCUT2D eigenvalue weighted by Crippen LogP contribution is -2.28. The Morgan fingerprint density at radius 2 is 1.64 bits per heavy atom. The van der Waals surface area contributed by atoms with Gasteiger partial charge in [-0.1, -0.05) is 60.7 Å². The lowest BCUT2D eigenvalue weighted by atomic mass is 10.1. The van der Waals surface area contributed by atoms with E-state index in [1.165, 1.54) is 30.0 Å². The summed E-state index contributed by atoms with van der Waals surface area (Å²) in [6.07, 6.45) is 3.19. The van der Waals surface area contributed by atoms with Gasteiger partial charge in [-0.15, -0.1) is 0 Å². The number of carbonyl (C=O) groups excluding carboxylic acids is 1. The SMILES string of the molecule is O=C(Cn1cc(S(=O)(=O)Cc2cccc(F)c2)c2ccccc21)NCCCc1ccccc1. The number of nitrogens with zero attached hydrogens (tertiary/aromatic N) is 1. The molecule has 1 aromatic heterocycles. The molecule has 0 aliphatic heterocycles. The topological polar surface area (TPSA) is 68.2 Å². The Balaban J connectivity index is 1.47. The summed E-state index contributed by atoms with van der Waals surface area (Å²) in [5.41, 5.74) is 2.26. The van der Waals surface area contributed by atoms with E-state index in [0.717, 1.165) is 12.8 Å². The molecule has 4 rings (SSSR count). The molecule has 1 amide bonds. The van der Waals surface area contributed by atoms with Gasteiger partial charge in [0.05, 0.1) is 10.6 Å². The second-order valence-corrected chi connectivity index (χ2v) is 9.92. The van der Waals surface area contributed by atoms with Crippen LogP contribution in [0.3, 0.4) is 0 Å². The Morgan fingerprint density at radius 1 is 0.909 bits per heavy atom. The number of aryl methyl sites for hydroxylation is 1. The van der Waals surface area contributed by atoms with Crippen LogP contribution in [0.1, 0.15) is 17.5 Å². The average Bonchev–Trinajstić information content (AvgIpc) is 3.17. The van der Waals surface area contributed by atoms with E-state index in [4.69, 9.17) is 0 Å². The number of amides is 1. The van der Waals surface area contributed by atoms with Gasteiger partial charge in [-0.05, 0) is 42.2 Å². The fraction of sp³-hybridized carbons (Fsp3) is 0.192. The van der Waals surface area contributed by atoms with Crippen LogP contribution in [-0.2, 0) is 33.4 Å². The molecule has 0 spiro atoms. The molecular weight excluding hydrogens is 439 g/mol. The number of aromatic nitrogens is 1.